The predicted molar refractivity (Wildman–Crippen MR) is 183 cm³/mol. The van der Waals surface area contributed by atoms with Gasteiger partial charge in [-0.15, -0.1) is 0 Å². The largest absolute Gasteiger partial charge is 0.493 e. The number of hydrogen-bond donors (Lipinski definition) is 2. The van der Waals surface area contributed by atoms with Crippen LogP contribution < -0.4 is 35.1 Å². The van der Waals surface area contributed by atoms with E-state index >= 15 is 0 Å². The van der Waals surface area contributed by atoms with Crippen LogP contribution in [0.4, 0.5) is 0 Å². The Balaban J connectivity index is 1.32. The number of thioether (sulfide) groups is 1. The number of rotatable bonds is 16. The summed E-state index contributed by atoms with van der Waals surface area (Å²) < 4.78 is 28.3. The molecular formula is C35H40N4O8S. The minimum Gasteiger partial charge on any atom is -0.493 e. The van der Waals surface area contributed by atoms with E-state index in [1.165, 1.54) is 11.8 Å². The molecule has 0 aliphatic carbocycles. The number of amides is 2. The number of fused-ring (bicyclic) bond motifs is 2. The van der Waals surface area contributed by atoms with Crippen LogP contribution >= 0.6 is 11.8 Å². The molecule has 0 radical (unpaired) electrons. The quantitative estimate of drug-likeness (QED) is 0.101. The van der Waals surface area contributed by atoms with Crippen molar-refractivity contribution in [3.8, 4) is 23.0 Å². The zero-order valence-electron chi connectivity index (χ0n) is 27.5. The lowest BCUT2D eigenvalue weighted by molar-refractivity contribution is -0.120. The molecule has 0 spiro atoms. The number of carbonyl (C=O) groups is 2. The zero-order chi connectivity index (χ0) is 34.0. The standard InChI is InChI=1S/C35H40N4O8S/c1-5-31(33(41)36-14-6-16-43-2)48-35-38-26-19-30-29(46-21-47-30)18-25(26)34(42)39(35)20-23-7-10-24(11-8-23)32(40)37-15-13-22-9-12-27(44-3)28(17-22)45-4/h7-12,17-19,31H,5-6,13-16,20-21H2,1-4H3,(H,36,41)(H,37,40)/t31-/m1/s1. The molecule has 2 N–H and O–H groups in total. The first-order chi connectivity index (χ1) is 23.3. The summed E-state index contributed by atoms with van der Waals surface area (Å²) in [5.41, 5.74) is 2.48. The lowest BCUT2D eigenvalue weighted by Gasteiger charge is -2.18. The van der Waals surface area contributed by atoms with Crippen LogP contribution in [0.25, 0.3) is 10.9 Å². The molecule has 5 rings (SSSR count). The van der Waals surface area contributed by atoms with Gasteiger partial charge in [0.15, 0.2) is 28.2 Å². The fourth-order valence-electron chi connectivity index (χ4n) is 5.21. The van der Waals surface area contributed by atoms with Gasteiger partial charge in [0.05, 0.1) is 36.9 Å². The highest BCUT2D eigenvalue weighted by Gasteiger charge is 2.24. The van der Waals surface area contributed by atoms with Crippen molar-refractivity contribution in [3.63, 3.8) is 0 Å². The Morgan fingerprint density at radius 1 is 0.938 bits per heavy atom. The van der Waals surface area contributed by atoms with Crippen molar-refractivity contribution in [1.29, 1.82) is 0 Å². The minimum atomic E-state index is -0.470. The molecule has 0 bridgehead atoms. The van der Waals surface area contributed by atoms with Crippen molar-refractivity contribution in [1.82, 2.24) is 20.2 Å². The van der Waals surface area contributed by atoms with Gasteiger partial charge in [-0.3, -0.25) is 19.0 Å². The van der Waals surface area contributed by atoms with Crippen LogP contribution in [-0.2, 0) is 22.5 Å². The van der Waals surface area contributed by atoms with Crippen LogP contribution in [-0.4, -0.2) is 74.4 Å². The fourth-order valence-corrected chi connectivity index (χ4v) is 6.25. The molecule has 254 valence electrons. The SMILES string of the molecule is CC[C@@H](Sc1nc2cc3c(cc2c(=O)n1Cc1ccc(C(=O)NCCc2ccc(OC)c(OC)c2)cc1)OCO3)C(=O)NCCCOC. The first-order valence-corrected chi connectivity index (χ1v) is 16.6. The second-order valence-corrected chi connectivity index (χ2v) is 12.2. The third-order valence-electron chi connectivity index (χ3n) is 7.85. The molecule has 4 aromatic rings. The van der Waals surface area contributed by atoms with Crippen molar-refractivity contribution >= 4 is 34.5 Å². The maximum Gasteiger partial charge on any atom is 0.262 e. The van der Waals surface area contributed by atoms with Gasteiger partial charge in [0.25, 0.3) is 11.5 Å². The van der Waals surface area contributed by atoms with E-state index in [0.29, 0.717) is 83.6 Å². The second kappa shape index (κ2) is 16.4. The predicted octanol–water partition coefficient (Wildman–Crippen LogP) is 4.19. The van der Waals surface area contributed by atoms with Crippen molar-refractivity contribution in [2.75, 3.05) is 47.8 Å². The van der Waals surface area contributed by atoms with Crippen LogP contribution in [0.1, 0.15) is 41.3 Å². The first kappa shape index (κ1) is 34.6. The van der Waals surface area contributed by atoms with Crippen molar-refractivity contribution < 1.29 is 33.3 Å². The van der Waals surface area contributed by atoms with Gasteiger partial charge in [-0.1, -0.05) is 36.9 Å². The molecule has 0 unspecified atom stereocenters. The van der Waals surface area contributed by atoms with Gasteiger partial charge in [-0.2, -0.15) is 0 Å². The van der Waals surface area contributed by atoms with E-state index in [-0.39, 0.29) is 30.7 Å². The summed E-state index contributed by atoms with van der Waals surface area (Å²) >= 11 is 1.25. The van der Waals surface area contributed by atoms with E-state index in [1.807, 2.05) is 37.3 Å². The molecule has 1 atom stereocenters. The van der Waals surface area contributed by atoms with Crippen LogP contribution in [0.5, 0.6) is 23.0 Å². The van der Waals surface area contributed by atoms with Gasteiger partial charge >= 0.3 is 0 Å². The molecule has 0 saturated carbocycles. The van der Waals surface area contributed by atoms with Gasteiger partial charge < -0.3 is 34.3 Å². The number of hydrogen-bond acceptors (Lipinski definition) is 10. The number of carbonyl (C=O) groups excluding carboxylic acids is 2. The van der Waals surface area contributed by atoms with E-state index in [9.17, 15) is 14.4 Å². The second-order valence-electron chi connectivity index (χ2n) is 11.1. The molecule has 1 aliphatic heterocycles. The Morgan fingerprint density at radius 2 is 1.67 bits per heavy atom. The highest BCUT2D eigenvalue weighted by Crippen LogP contribution is 2.35. The summed E-state index contributed by atoms with van der Waals surface area (Å²) in [7, 11) is 4.79. The number of methoxy groups -OCH3 is 3. The Hall–Kier alpha value is -4.75. The average Bonchev–Trinajstić information content (AvgIpc) is 3.57. The van der Waals surface area contributed by atoms with Crippen LogP contribution in [0.15, 0.2) is 64.5 Å². The van der Waals surface area contributed by atoms with Gasteiger partial charge in [0.1, 0.15) is 0 Å². The molecule has 48 heavy (non-hydrogen) atoms. The molecule has 12 nitrogen and oxygen atoms in total. The van der Waals surface area contributed by atoms with Crippen molar-refractivity contribution in [2.24, 2.45) is 0 Å². The summed E-state index contributed by atoms with van der Waals surface area (Å²) in [5, 5.41) is 6.22. The summed E-state index contributed by atoms with van der Waals surface area (Å²) in [6.45, 7) is 3.65. The first-order valence-electron chi connectivity index (χ1n) is 15.7. The molecule has 3 aromatic carbocycles. The normalized spacial score (nSPS) is 12.5. The van der Waals surface area contributed by atoms with Crippen LogP contribution in [0.3, 0.4) is 0 Å². The van der Waals surface area contributed by atoms with Gasteiger partial charge in [-0.05, 0) is 60.7 Å². The molecule has 2 amide bonds. The summed E-state index contributed by atoms with van der Waals surface area (Å²) in [6, 6.07) is 16.1. The number of nitrogens with zero attached hydrogens (tertiary/aromatic N) is 2. The number of nitrogens with one attached hydrogen (secondary N) is 2. The highest BCUT2D eigenvalue weighted by atomic mass is 32.2. The van der Waals surface area contributed by atoms with E-state index in [4.69, 9.17) is 28.7 Å². The monoisotopic (exact) mass is 676 g/mol. The Labute approximate surface area is 283 Å². The molecular weight excluding hydrogens is 636 g/mol. The Bertz CT molecular complexity index is 1810. The summed E-state index contributed by atoms with van der Waals surface area (Å²) in [4.78, 5) is 44.7. The third-order valence-corrected chi connectivity index (χ3v) is 9.21. The smallest absolute Gasteiger partial charge is 0.262 e. The third kappa shape index (κ3) is 8.20. The highest BCUT2D eigenvalue weighted by molar-refractivity contribution is 8.00. The topological polar surface area (TPSA) is 139 Å². The average molecular weight is 677 g/mol. The molecule has 0 saturated heterocycles. The van der Waals surface area contributed by atoms with Crippen molar-refractivity contribution in [3.05, 3.63) is 81.6 Å². The number of benzene rings is 3. The molecule has 13 heteroatoms. The molecule has 0 fully saturated rings. The van der Waals surface area contributed by atoms with Gasteiger partial charge in [-0.25, -0.2) is 4.98 Å². The summed E-state index contributed by atoms with van der Waals surface area (Å²) in [6.07, 6.45) is 1.85. The lowest BCUT2D eigenvalue weighted by atomic mass is 10.1. The zero-order valence-corrected chi connectivity index (χ0v) is 28.3. The van der Waals surface area contributed by atoms with Gasteiger partial charge in [0, 0.05) is 38.4 Å². The van der Waals surface area contributed by atoms with Crippen LogP contribution in [0.2, 0.25) is 0 Å². The molecule has 2 heterocycles. The Kier molecular flexibility index (Phi) is 11.8. The van der Waals surface area contributed by atoms with E-state index < -0.39 is 5.25 Å². The fraction of sp³-hybridized carbons (Fsp3) is 0.371. The van der Waals surface area contributed by atoms with Gasteiger partial charge in [0.2, 0.25) is 12.7 Å². The van der Waals surface area contributed by atoms with E-state index in [0.717, 1.165) is 11.1 Å². The maximum absolute atomic E-state index is 13.9. The summed E-state index contributed by atoms with van der Waals surface area (Å²) in [5.74, 6) is 1.94. The number of ether oxygens (including phenoxy) is 5. The molecule has 1 aromatic heterocycles. The minimum absolute atomic E-state index is 0.0682. The maximum atomic E-state index is 13.9. The van der Waals surface area contributed by atoms with Crippen LogP contribution in [0, 0.1) is 0 Å². The van der Waals surface area contributed by atoms with E-state index in [1.54, 1.807) is 50.2 Å². The number of aromatic nitrogens is 2. The lowest BCUT2D eigenvalue weighted by Crippen LogP contribution is -2.34. The Morgan fingerprint density at radius 3 is 2.38 bits per heavy atom. The van der Waals surface area contributed by atoms with E-state index in [2.05, 4.69) is 10.6 Å². The van der Waals surface area contributed by atoms with Crippen molar-refractivity contribution in [2.45, 2.75) is 43.1 Å². The molecule has 1 aliphatic rings.